The summed E-state index contributed by atoms with van der Waals surface area (Å²) in [4.78, 5) is 4.04. The summed E-state index contributed by atoms with van der Waals surface area (Å²) in [6.45, 7) is -0.940. The molecular formula is C15H21F3IN3O3S. The van der Waals surface area contributed by atoms with Gasteiger partial charge < -0.3 is 15.4 Å². The fraction of sp³-hybridized carbons (Fsp3) is 0.533. The van der Waals surface area contributed by atoms with Gasteiger partial charge in [-0.2, -0.15) is 13.2 Å². The Morgan fingerprint density at radius 1 is 1.31 bits per heavy atom. The molecule has 0 bridgehead atoms. The first-order valence-corrected chi connectivity index (χ1v) is 9.45. The Balaban J connectivity index is 0.00000338. The number of ether oxygens (including phenoxy) is 1. The van der Waals surface area contributed by atoms with Crippen LogP contribution in [0.2, 0.25) is 0 Å². The highest BCUT2D eigenvalue weighted by Crippen LogP contribution is 2.18. The van der Waals surface area contributed by atoms with Crippen molar-refractivity contribution in [3.63, 3.8) is 0 Å². The predicted molar refractivity (Wildman–Crippen MR) is 104 cm³/mol. The van der Waals surface area contributed by atoms with E-state index in [4.69, 9.17) is 0 Å². The van der Waals surface area contributed by atoms with Crippen LogP contribution in [0.15, 0.2) is 29.3 Å². The summed E-state index contributed by atoms with van der Waals surface area (Å²) in [5.41, 5.74) is 0.821. The summed E-state index contributed by atoms with van der Waals surface area (Å²) in [5.74, 6) is 0.860. The van der Waals surface area contributed by atoms with Gasteiger partial charge in [-0.1, -0.05) is 12.1 Å². The van der Waals surface area contributed by atoms with Gasteiger partial charge in [0.15, 0.2) is 22.4 Å². The molecule has 0 amide bonds. The topological polar surface area (TPSA) is 79.8 Å². The molecule has 0 radical (unpaired) electrons. The number of nitrogens with one attached hydrogen (secondary N) is 2. The van der Waals surface area contributed by atoms with Crippen LogP contribution >= 0.6 is 24.0 Å². The highest BCUT2D eigenvalue weighted by atomic mass is 127. The zero-order valence-electron chi connectivity index (χ0n) is 14.0. The molecule has 2 rings (SSSR count). The van der Waals surface area contributed by atoms with E-state index in [1.54, 1.807) is 19.2 Å². The van der Waals surface area contributed by atoms with Crippen molar-refractivity contribution in [1.29, 1.82) is 0 Å². The number of nitrogens with zero attached hydrogens (tertiary/aromatic N) is 1. The fourth-order valence-corrected chi connectivity index (χ4v) is 4.02. The highest BCUT2D eigenvalue weighted by Gasteiger charge is 2.29. The molecule has 2 N–H and O–H groups in total. The van der Waals surface area contributed by atoms with Crippen LogP contribution in [0.1, 0.15) is 12.0 Å². The molecule has 0 aromatic heterocycles. The van der Waals surface area contributed by atoms with Crippen molar-refractivity contribution < 1.29 is 26.3 Å². The Labute approximate surface area is 167 Å². The van der Waals surface area contributed by atoms with Crippen molar-refractivity contribution >= 4 is 39.8 Å². The van der Waals surface area contributed by atoms with E-state index >= 15 is 0 Å². The number of guanidine groups is 1. The molecule has 1 fully saturated rings. The lowest BCUT2D eigenvalue weighted by Crippen LogP contribution is -2.43. The maximum Gasteiger partial charge on any atom is 0.422 e. The molecule has 6 nitrogen and oxygen atoms in total. The number of aliphatic imine (C=N–C) groups is 1. The summed E-state index contributed by atoms with van der Waals surface area (Å²) in [7, 11) is -1.40. The zero-order chi connectivity index (χ0) is 18.5. The number of benzene rings is 1. The lowest BCUT2D eigenvalue weighted by atomic mass is 10.2. The van der Waals surface area contributed by atoms with E-state index < -0.39 is 22.6 Å². The van der Waals surface area contributed by atoms with Gasteiger partial charge in [0.1, 0.15) is 5.75 Å². The molecule has 0 spiro atoms. The van der Waals surface area contributed by atoms with Crippen LogP contribution in [0.3, 0.4) is 0 Å². The van der Waals surface area contributed by atoms with Gasteiger partial charge in [0.2, 0.25) is 0 Å². The molecular weight excluding hydrogens is 486 g/mol. The molecule has 1 aliphatic rings. The third kappa shape index (κ3) is 7.98. The summed E-state index contributed by atoms with van der Waals surface area (Å²) < 4.78 is 63.8. The third-order valence-electron chi connectivity index (χ3n) is 3.58. The van der Waals surface area contributed by atoms with Crippen LogP contribution in [0, 0.1) is 0 Å². The van der Waals surface area contributed by atoms with Gasteiger partial charge in [0, 0.05) is 19.6 Å². The van der Waals surface area contributed by atoms with Gasteiger partial charge in [0.25, 0.3) is 0 Å². The number of hydrogen-bond acceptors (Lipinski definition) is 4. The summed E-state index contributed by atoms with van der Waals surface area (Å²) >= 11 is 0. The Bertz CT molecular complexity index is 709. The first-order valence-electron chi connectivity index (χ1n) is 7.63. The minimum atomic E-state index is -4.37. The quantitative estimate of drug-likeness (QED) is 0.363. The van der Waals surface area contributed by atoms with Gasteiger partial charge in [0.05, 0.1) is 11.5 Å². The summed E-state index contributed by atoms with van der Waals surface area (Å²) in [6.07, 6.45) is -3.83. The average Bonchev–Trinajstić information content (AvgIpc) is 2.88. The summed E-state index contributed by atoms with van der Waals surface area (Å²) in [5, 5.41) is 6.09. The van der Waals surface area contributed by atoms with Gasteiger partial charge in [-0.05, 0) is 24.1 Å². The van der Waals surface area contributed by atoms with Crippen molar-refractivity contribution in [2.75, 3.05) is 25.2 Å². The van der Waals surface area contributed by atoms with E-state index in [9.17, 15) is 21.6 Å². The first-order chi connectivity index (χ1) is 11.7. The average molecular weight is 507 g/mol. The van der Waals surface area contributed by atoms with Crippen LogP contribution < -0.4 is 15.4 Å². The molecule has 0 aliphatic carbocycles. The van der Waals surface area contributed by atoms with Crippen LogP contribution in [0.4, 0.5) is 13.2 Å². The van der Waals surface area contributed by atoms with Crippen LogP contribution in [0.25, 0.3) is 0 Å². The van der Waals surface area contributed by atoms with Crippen LogP contribution in [-0.4, -0.2) is 51.8 Å². The molecule has 26 heavy (non-hydrogen) atoms. The highest BCUT2D eigenvalue weighted by molar-refractivity contribution is 14.0. The molecule has 1 atom stereocenters. The van der Waals surface area contributed by atoms with E-state index in [1.165, 1.54) is 12.1 Å². The van der Waals surface area contributed by atoms with Gasteiger partial charge in [-0.25, -0.2) is 8.42 Å². The van der Waals surface area contributed by atoms with Crippen LogP contribution in [0.5, 0.6) is 5.75 Å². The fourth-order valence-electron chi connectivity index (χ4n) is 2.35. The predicted octanol–water partition coefficient (Wildman–Crippen LogP) is 2.10. The Kier molecular flexibility index (Phi) is 8.44. The van der Waals surface area contributed by atoms with Crippen molar-refractivity contribution in [2.24, 2.45) is 4.99 Å². The molecule has 1 saturated heterocycles. The molecule has 1 heterocycles. The molecule has 148 valence electrons. The van der Waals surface area contributed by atoms with E-state index in [0.717, 1.165) is 5.56 Å². The minimum Gasteiger partial charge on any atom is -0.484 e. The SMILES string of the molecule is CN=C(NCc1ccc(OCC(F)(F)F)cc1)NC1CCS(=O)(=O)C1.I. The lowest BCUT2D eigenvalue weighted by Gasteiger charge is -2.16. The molecule has 1 aromatic rings. The van der Waals surface area contributed by atoms with E-state index in [1.807, 2.05) is 0 Å². The lowest BCUT2D eigenvalue weighted by molar-refractivity contribution is -0.153. The molecule has 1 aromatic carbocycles. The maximum atomic E-state index is 12.1. The second-order valence-corrected chi connectivity index (χ2v) is 7.95. The monoisotopic (exact) mass is 507 g/mol. The number of hydrogen-bond donors (Lipinski definition) is 2. The van der Waals surface area contributed by atoms with Gasteiger partial charge >= 0.3 is 6.18 Å². The standard InChI is InChI=1S/C15H20F3N3O3S.HI/c1-19-14(21-12-6-7-25(22,23)9-12)20-8-11-2-4-13(5-3-11)24-10-15(16,17)18;/h2-5,12H,6-10H2,1H3,(H2,19,20,21);1H. The molecule has 1 unspecified atom stereocenters. The van der Waals surface area contributed by atoms with E-state index in [0.29, 0.717) is 18.9 Å². The minimum absolute atomic E-state index is 0. The van der Waals surface area contributed by atoms with Crippen molar-refractivity contribution in [3.8, 4) is 5.75 Å². The van der Waals surface area contributed by atoms with Gasteiger partial charge in [-0.3, -0.25) is 4.99 Å². The number of alkyl halides is 3. The van der Waals surface area contributed by atoms with Crippen molar-refractivity contribution in [1.82, 2.24) is 10.6 Å². The normalized spacial score (nSPS) is 19.5. The molecule has 1 aliphatic heterocycles. The number of halogens is 4. The van der Waals surface area contributed by atoms with Crippen molar-refractivity contribution in [2.45, 2.75) is 25.2 Å². The smallest absolute Gasteiger partial charge is 0.422 e. The number of rotatable bonds is 5. The zero-order valence-corrected chi connectivity index (χ0v) is 17.2. The Morgan fingerprint density at radius 2 is 1.96 bits per heavy atom. The largest absolute Gasteiger partial charge is 0.484 e. The van der Waals surface area contributed by atoms with E-state index in [-0.39, 0.29) is 47.3 Å². The Hall–Kier alpha value is -1.24. The second-order valence-electron chi connectivity index (χ2n) is 5.72. The number of sulfone groups is 1. The molecule has 0 saturated carbocycles. The Morgan fingerprint density at radius 3 is 2.46 bits per heavy atom. The van der Waals surface area contributed by atoms with Crippen LogP contribution in [-0.2, 0) is 16.4 Å². The first kappa shape index (κ1) is 22.8. The third-order valence-corrected chi connectivity index (χ3v) is 5.35. The molecule has 11 heteroatoms. The second kappa shape index (κ2) is 9.62. The summed E-state index contributed by atoms with van der Waals surface area (Å²) in [6, 6.07) is 6.04. The maximum absolute atomic E-state index is 12.1. The van der Waals surface area contributed by atoms with Gasteiger partial charge in [-0.15, -0.1) is 24.0 Å². The van der Waals surface area contributed by atoms with Crippen molar-refractivity contribution in [3.05, 3.63) is 29.8 Å². The van der Waals surface area contributed by atoms with E-state index in [2.05, 4.69) is 20.4 Å².